The van der Waals surface area contributed by atoms with Crippen LogP contribution in [0, 0.1) is 5.82 Å². The molecule has 1 aliphatic rings. The summed E-state index contributed by atoms with van der Waals surface area (Å²) in [6, 6.07) is 4.79. The smallest absolute Gasteiger partial charge is 0.222 e. The molecule has 0 atom stereocenters. The van der Waals surface area contributed by atoms with Gasteiger partial charge in [-0.3, -0.25) is 0 Å². The number of furan rings is 1. The normalized spacial score (nSPS) is 15.8. The number of halogens is 1. The van der Waals surface area contributed by atoms with E-state index in [0.29, 0.717) is 33.9 Å². The van der Waals surface area contributed by atoms with Crippen LogP contribution in [0.25, 0.3) is 22.1 Å². The van der Waals surface area contributed by atoms with E-state index in [0.717, 1.165) is 13.1 Å². The summed E-state index contributed by atoms with van der Waals surface area (Å²) in [7, 11) is 1.93. The fourth-order valence-corrected chi connectivity index (χ4v) is 2.67. The SMILES string of the molecule is CNC1CN(c2nc(N)nc3c2oc2ccc(F)cc23)C1. The maximum absolute atomic E-state index is 13.4. The average molecular weight is 287 g/mol. The van der Waals surface area contributed by atoms with Crippen LogP contribution >= 0.6 is 0 Å². The third-order valence-corrected chi connectivity index (χ3v) is 3.86. The van der Waals surface area contributed by atoms with Gasteiger partial charge in [0.05, 0.1) is 0 Å². The number of benzene rings is 1. The zero-order valence-electron chi connectivity index (χ0n) is 11.4. The van der Waals surface area contributed by atoms with Gasteiger partial charge in [-0.1, -0.05) is 0 Å². The number of nitrogens with one attached hydrogen (secondary N) is 1. The second kappa shape index (κ2) is 4.29. The van der Waals surface area contributed by atoms with E-state index in [-0.39, 0.29) is 11.8 Å². The van der Waals surface area contributed by atoms with Crippen molar-refractivity contribution < 1.29 is 8.81 Å². The summed E-state index contributed by atoms with van der Waals surface area (Å²) >= 11 is 0. The van der Waals surface area contributed by atoms with E-state index in [1.807, 2.05) is 7.05 Å². The Hall–Kier alpha value is -2.41. The summed E-state index contributed by atoms with van der Waals surface area (Å²) in [5, 5.41) is 3.82. The summed E-state index contributed by atoms with van der Waals surface area (Å²) in [5.41, 5.74) is 7.49. The van der Waals surface area contributed by atoms with Crippen LogP contribution in [-0.2, 0) is 0 Å². The first-order valence-electron chi connectivity index (χ1n) is 6.73. The number of hydrogen-bond acceptors (Lipinski definition) is 6. The van der Waals surface area contributed by atoms with E-state index < -0.39 is 0 Å². The minimum absolute atomic E-state index is 0.164. The Bertz CT molecular complexity index is 840. The molecule has 1 aliphatic heterocycles. The molecule has 0 saturated carbocycles. The fourth-order valence-electron chi connectivity index (χ4n) is 2.67. The Labute approximate surface area is 119 Å². The van der Waals surface area contributed by atoms with Crippen LogP contribution in [0.1, 0.15) is 0 Å². The summed E-state index contributed by atoms with van der Waals surface area (Å²) < 4.78 is 19.3. The molecule has 3 aromatic rings. The zero-order valence-corrected chi connectivity index (χ0v) is 11.4. The lowest BCUT2D eigenvalue weighted by molar-refractivity contribution is 0.446. The number of hydrogen-bond donors (Lipinski definition) is 2. The Morgan fingerprint density at radius 3 is 2.95 bits per heavy atom. The van der Waals surface area contributed by atoms with Crippen molar-refractivity contribution in [3.05, 3.63) is 24.0 Å². The number of nitrogens with two attached hydrogens (primary N) is 1. The third kappa shape index (κ3) is 1.81. The van der Waals surface area contributed by atoms with Gasteiger partial charge in [0.25, 0.3) is 0 Å². The molecule has 4 rings (SSSR count). The van der Waals surface area contributed by atoms with Gasteiger partial charge in [-0.25, -0.2) is 9.37 Å². The molecule has 3 heterocycles. The Morgan fingerprint density at radius 2 is 2.19 bits per heavy atom. The lowest BCUT2D eigenvalue weighted by Gasteiger charge is -2.39. The predicted molar refractivity (Wildman–Crippen MR) is 78.7 cm³/mol. The maximum atomic E-state index is 13.4. The second-order valence-corrected chi connectivity index (χ2v) is 5.22. The van der Waals surface area contributed by atoms with Crippen molar-refractivity contribution in [2.24, 2.45) is 0 Å². The first kappa shape index (κ1) is 12.3. The minimum atomic E-state index is -0.330. The van der Waals surface area contributed by atoms with Gasteiger partial charge in [0.2, 0.25) is 5.95 Å². The molecule has 21 heavy (non-hydrogen) atoms. The molecule has 0 bridgehead atoms. The first-order chi connectivity index (χ1) is 10.2. The molecule has 1 fully saturated rings. The van der Waals surface area contributed by atoms with Crippen LogP contribution in [0.15, 0.2) is 22.6 Å². The number of aromatic nitrogens is 2. The van der Waals surface area contributed by atoms with Gasteiger partial charge in [-0.15, -0.1) is 0 Å². The minimum Gasteiger partial charge on any atom is -0.450 e. The topological polar surface area (TPSA) is 80.2 Å². The number of nitrogen functional groups attached to an aromatic ring is 1. The van der Waals surface area contributed by atoms with E-state index in [1.54, 1.807) is 6.07 Å². The molecule has 0 unspecified atom stereocenters. The molecule has 7 heteroatoms. The largest absolute Gasteiger partial charge is 0.450 e. The van der Waals surface area contributed by atoms with Gasteiger partial charge in [0.1, 0.15) is 16.9 Å². The highest BCUT2D eigenvalue weighted by molar-refractivity contribution is 6.06. The average Bonchev–Trinajstić information content (AvgIpc) is 2.76. The third-order valence-electron chi connectivity index (χ3n) is 3.86. The van der Waals surface area contributed by atoms with Crippen LogP contribution in [0.2, 0.25) is 0 Å². The Morgan fingerprint density at radius 1 is 1.38 bits per heavy atom. The number of rotatable bonds is 2. The Kier molecular flexibility index (Phi) is 2.52. The molecule has 2 aromatic heterocycles. The zero-order chi connectivity index (χ0) is 14.6. The van der Waals surface area contributed by atoms with Crippen molar-refractivity contribution in [1.82, 2.24) is 15.3 Å². The number of fused-ring (bicyclic) bond motifs is 3. The van der Waals surface area contributed by atoms with E-state index in [1.165, 1.54) is 12.1 Å². The van der Waals surface area contributed by atoms with Crippen molar-refractivity contribution in [1.29, 1.82) is 0 Å². The summed E-state index contributed by atoms with van der Waals surface area (Å²) in [4.78, 5) is 10.6. The number of likely N-dealkylation sites (N-methyl/N-ethyl adjacent to an activating group) is 1. The molecular weight excluding hydrogens is 273 g/mol. The number of anilines is 2. The molecule has 108 valence electrons. The molecule has 0 aliphatic carbocycles. The van der Waals surface area contributed by atoms with Crippen LogP contribution in [0.5, 0.6) is 0 Å². The van der Waals surface area contributed by atoms with E-state index in [2.05, 4.69) is 20.2 Å². The van der Waals surface area contributed by atoms with E-state index in [4.69, 9.17) is 10.2 Å². The highest BCUT2D eigenvalue weighted by Gasteiger charge is 2.30. The summed E-state index contributed by atoms with van der Waals surface area (Å²) in [6.45, 7) is 1.65. The lowest BCUT2D eigenvalue weighted by Crippen LogP contribution is -2.57. The standard InChI is InChI=1S/C14H14FN5O/c1-17-8-5-20(6-8)13-12-11(18-14(16)19-13)9-4-7(15)2-3-10(9)21-12/h2-4,8,17H,5-6H2,1H3,(H2,16,18,19). The first-order valence-corrected chi connectivity index (χ1v) is 6.73. The fraction of sp³-hybridized carbons (Fsp3) is 0.286. The van der Waals surface area contributed by atoms with Gasteiger partial charge in [0.15, 0.2) is 11.4 Å². The summed E-state index contributed by atoms with van der Waals surface area (Å²) in [5.74, 6) is 0.501. The van der Waals surface area contributed by atoms with Crippen molar-refractivity contribution >= 4 is 33.8 Å². The Balaban J connectivity index is 1.93. The van der Waals surface area contributed by atoms with Crippen molar-refractivity contribution in [2.75, 3.05) is 30.8 Å². The highest BCUT2D eigenvalue weighted by Crippen LogP contribution is 2.35. The van der Waals surface area contributed by atoms with Gasteiger partial charge in [-0.2, -0.15) is 4.98 Å². The van der Waals surface area contributed by atoms with Crippen molar-refractivity contribution in [3.8, 4) is 0 Å². The van der Waals surface area contributed by atoms with Crippen LogP contribution in [0.4, 0.5) is 16.2 Å². The van der Waals surface area contributed by atoms with E-state index in [9.17, 15) is 4.39 Å². The van der Waals surface area contributed by atoms with Crippen molar-refractivity contribution in [3.63, 3.8) is 0 Å². The van der Waals surface area contributed by atoms with Gasteiger partial charge in [-0.05, 0) is 25.2 Å². The van der Waals surface area contributed by atoms with Gasteiger partial charge in [0, 0.05) is 24.5 Å². The number of nitrogens with zero attached hydrogens (tertiary/aromatic N) is 3. The second-order valence-electron chi connectivity index (χ2n) is 5.22. The molecule has 1 saturated heterocycles. The van der Waals surface area contributed by atoms with Gasteiger partial charge < -0.3 is 20.4 Å². The van der Waals surface area contributed by atoms with E-state index >= 15 is 0 Å². The predicted octanol–water partition coefficient (Wildman–Crippen LogP) is 1.51. The maximum Gasteiger partial charge on any atom is 0.222 e. The monoisotopic (exact) mass is 287 g/mol. The van der Waals surface area contributed by atoms with Crippen LogP contribution in [0.3, 0.4) is 0 Å². The van der Waals surface area contributed by atoms with Crippen LogP contribution < -0.4 is 16.0 Å². The lowest BCUT2D eigenvalue weighted by atomic mass is 10.1. The summed E-state index contributed by atoms with van der Waals surface area (Å²) in [6.07, 6.45) is 0. The molecule has 0 spiro atoms. The molecule has 1 aromatic carbocycles. The highest BCUT2D eigenvalue weighted by atomic mass is 19.1. The quantitative estimate of drug-likeness (QED) is 0.743. The molecule has 6 nitrogen and oxygen atoms in total. The van der Waals surface area contributed by atoms with Crippen molar-refractivity contribution in [2.45, 2.75) is 6.04 Å². The molecular formula is C14H14FN5O. The molecule has 0 radical (unpaired) electrons. The van der Waals surface area contributed by atoms with Crippen LogP contribution in [-0.4, -0.2) is 36.1 Å². The molecule has 0 amide bonds. The van der Waals surface area contributed by atoms with Gasteiger partial charge >= 0.3 is 0 Å². The molecule has 3 N–H and O–H groups in total.